The molecule has 2 heterocycles. The minimum absolute atomic E-state index is 0.0327. The number of primary amides is 1. The third kappa shape index (κ3) is 5.70. The van der Waals surface area contributed by atoms with Crippen molar-refractivity contribution in [2.24, 2.45) is 11.7 Å². The lowest BCUT2D eigenvalue weighted by Crippen LogP contribution is -2.59. The van der Waals surface area contributed by atoms with E-state index in [0.717, 1.165) is 32.2 Å². The van der Waals surface area contributed by atoms with Gasteiger partial charge in [0.15, 0.2) is 0 Å². The number of hydrogen-bond donors (Lipinski definition) is 3. The van der Waals surface area contributed by atoms with Crippen LogP contribution in [0.5, 0.6) is 0 Å². The Morgan fingerprint density at radius 3 is 2.33 bits per heavy atom. The van der Waals surface area contributed by atoms with Gasteiger partial charge in [0.05, 0.1) is 11.7 Å². The van der Waals surface area contributed by atoms with Gasteiger partial charge < -0.3 is 20.6 Å². The average molecular weight is 435 g/mol. The molecule has 3 rings (SSSR count). The van der Waals surface area contributed by atoms with Crippen LogP contribution in [0.3, 0.4) is 0 Å². The Balaban J connectivity index is 0.000000297. The third-order valence-corrected chi connectivity index (χ3v) is 6.05. The lowest BCUT2D eigenvalue weighted by molar-refractivity contribution is -0.133. The van der Waals surface area contributed by atoms with E-state index in [1.807, 2.05) is 11.0 Å². The van der Waals surface area contributed by atoms with Crippen LogP contribution in [0.25, 0.3) is 0 Å². The number of carbonyl (C=O) groups is 2. The summed E-state index contributed by atoms with van der Waals surface area (Å²) >= 11 is 4.85. The number of likely N-dealkylation sites (tertiary alicyclic amines) is 1. The highest BCUT2D eigenvalue weighted by molar-refractivity contribution is 7.79. The number of nitrogens with two attached hydrogens (primary N) is 1. The molecule has 4 N–H and O–H groups in total. The lowest BCUT2D eigenvalue weighted by atomic mass is 9.95. The Morgan fingerprint density at radius 2 is 1.90 bits per heavy atom. The highest BCUT2D eigenvalue weighted by Crippen LogP contribution is 2.34. The molecule has 0 aliphatic carbocycles. The maximum Gasteiger partial charge on any atom is 0.256 e. The smallest absolute Gasteiger partial charge is 0.256 e. The van der Waals surface area contributed by atoms with Crippen molar-refractivity contribution in [2.45, 2.75) is 58.2 Å². The summed E-state index contributed by atoms with van der Waals surface area (Å²) in [6, 6.07) is 8.67. The van der Waals surface area contributed by atoms with Crippen LogP contribution >= 0.6 is 12.2 Å². The molecule has 0 saturated carbocycles. The maximum atomic E-state index is 12.7. The molecule has 0 aromatic heterocycles. The van der Waals surface area contributed by atoms with E-state index in [-0.39, 0.29) is 34.6 Å². The molecule has 0 bridgehead atoms. The number of nitrogens with zero attached hydrogens (tertiary/aromatic N) is 2. The number of aliphatic hydroxyl groups excluding tert-OH is 1. The van der Waals surface area contributed by atoms with Crippen LogP contribution in [-0.4, -0.2) is 63.2 Å². The van der Waals surface area contributed by atoms with Crippen molar-refractivity contribution in [2.75, 3.05) is 19.6 Å². The van der Waals surface area contributed by atoms with Gasteiger partial charge in [0.25, 0.3) is 5.17 Å². The number of amides is 2. The largest absolute Gasteiger partial charge is 0.487 e. The quantitative estimate of drug-likeness (QED) is 0.616. The average Bonchev–Trinajstić information content (AvgIpc) is 2.99. The van der Waals surface area contributed by atoms with Gasteiger partial charge in [-0.1, -0.05) is 45.4 Å². The van der Waals surface area contributed by atoms with E-state index in [9.17, 15) is 14.7 Å². The van der Waals surface area contributed by atoms with E-state index in [2.05, 4.69) is 31.0 Å². The third-order valence-electron chi connectivity index (χ3n) is 5.79. The highest BCUT2D eigenvalue weighted by atomic mass is 32.1. The first-order valence-corrected chi connectivity index (χ1v) is 11.0. The van der Waals surface area contributed by atoms with Crippen molar-refractivity contribution in [3.8, 4) is 0 Å². The van der Waals surface area contributed by atoms with Gasteiger partial charge in [-0.15, -0.1) is 0 Å². The Bertz CT molecular complexity index is 733. The van der Waals surface area contributed by atoms with Crippen molar-refractivity contribution >= 4 is 29.2 Å². The lowest BCUT2D eigenvalue weighted by Gasteiger charge is -2.44. The number of nitrogens with one attached hydrogen (secondary N) is 1. The fraction of sp³-hybridized carbons (Fsp3) is 0.591. The first-order chi connectivity index (χ1) is 14.2. The van der Waals surface area contributed by atoms with Crippen LogP contribution in [0.1, 0.15) is 56.8 Å². The highest BCUT2D eigenvalue weighted by Gasteiger charge is 2.51. The molecule has 2 aliphatic heterocycles. The number of benzene rings is 1. The van der Waals surface area contributed by atoms with Crippen molar-refractivity contribution in [1.29, 1.82) is 0 Å². The van der Waals surface area contributed by atoms with E-state index in [4.69, 9.17) is 18.0 Å². The summed E-state index contributed by atoms with van der Waals surface area (Å²) in [6.45, 7) is 8.53. The molecule has 2 aliphatic rings. The van der Waals surface area contributed by atoms with Crippen LogP contribution < -0.4 is 11.1 Å². The number of thiocarbonyl (C=S) groups is 1. The maximum absolute atomic E-state index is 12.7. The minimum atomic E-state index is -0.379. The first kappa shape index (κ1) is 24.1. The van der Waals surface area contributed by atoms with Crippen LogP contribution in [0, 0.1) is 5.92 Å². The van der Waals surface area contributed by atoms with Gasteiger partial charge in [-0.25, -0.2) is 0 Å². The van der Waals surface area contributed by atoms with Gasteiger partial charge in [-0.05, 0) is 36.7 Å². The van der Waals surface area contributed by atoms with Crippen molar-refractivity contribution < 1.29 is 14.7 Å². The molecule has 2 fully saturated rings. The molecule has 166 valence electrons. The summed E-state index contributed by atoms with van der Waals surface area (Å²) in [6.07, 6.45) is 3.74. The van der Waals surface area contributed by atoms with Crippen LogP contribution in [0.2, 0.25) is 0 Å². The zero-order valence-electron chi connectivity index (χ0n) is 18.1. The summed E-state index contributed by atoms with van der Waals surface area (Å²) in [5, 5.41) is 13.0. The molecule has 1 spiro atoms. The molecule has 8 heteroatoms. The normalized spacial score (nSPS) is 20.3. The zero-order chi connectivity index (χ0) is 22.3. The van der Waals surface area contributed by atoms with E-state index in [1.165, 1.54) is 0 Å². The van der Waals surface area contributed by atoms with Crippen molar-refractivity contribution in [1.82, 2.24) is 15.1 Å². The molecule has 0 radical (unpaired) electrons. The second kappa shape index (κ2) is 10.7. The van der Waals surface area contributed by atoms with Crippen molar-refractivity contribution in [3.05, 3.63) is 35.9 Å². The van der Waals surface area contributed by atoms with Gasteiger partial charge in [-0.3, -0.25) is 14.9 Å². The number of rotatable bonds is 5. The van der Waals surface area contributed by atoms with Gasteiger partial charge >= 0.3 is 0 Å². The summed E-state index contributed by atoms with van der Waals surface area (Å²) in [5.41, 5.74) is 5.28. The molecule has 7 nitrogen and oxygen atoms in total. The number of hydrogen-bond acceptors (Lipinski definition) is 4. The van der Waals surface area contributed by atoms with Gasteiger partial charge in [-0.2, -0.15) is 0 Å². The monoisotopic (exact) mass is 434 g/mol. The standard InChI is InChI=1S/C15H27N3O2S.C7H7NO/c1-4-5-8-18-13(19)12(11(2)3)16-15(18)6-9-17(10-7-15)14(20)21;8-7(9)6-4-2-1-3-5-6/h11-12,16H,4-10H2,1-3H3,(H,20,21);1-5H,(H2,8,9). The fourth-order valence-electron chi connectivity index (χ4n) is 3.98. The Hall–Kier alpha value is -2.19. The predicted octanol–water partition coefficient (Wildman–Crippen LogP) is 2.66. The summed E-state index contributed by atoms with van der Waals surface area (Å²) in [7, 11) is 0. The van der Waals surface area contributed by atoms with Crippen LogP contribution in [0.4, 0.5) is 0 Å². The number of unbranched alkanes of at least 4 members (excludes halogenated alkanes) is 1. The molecule has 2 amide bonds. The summed E-state index contributed by atoms with van der Waals surface area (Å²) in [5.74, 6) is 0.145. The second-order valence-corrected chi connectivity index (χ2v) is 8.61. The molecule has 1 unspecified atom stereocenters. The number of piperidine rings is 1. The molecular weight excluding hydrogens is 400 g/mol. The SMILES string of the molecule is CCCCN1C(=O)C(C(C)C)NC12CCN(C(O)=S)CC2.NC(=O)c1ccccc1. The number of aliphatic hydroxyl groups is 1. The summed E-state index contributed by atoms with van der Waals surface area (Å²) < 4.78 is 0. The molecule has 1 aromatic rings. The van der Waals surface area contributed by atoms with E-state index < -0.39 is 0 Å². The molecule has 30 heavy (non-hydrogen) atoms. The van der Waals surface area contributed by atoms with E-state index in [0.29, 0.717) is 18.7 Å². The minimum Gasteiger partial charge on any atom is -0.487 e. The van der Waals surface area contributed by atoms with E-state index >= 15 is 0 Å². The molecule has 1 aromatic carbocycles. The molecule has 2 saturated heterocycles. The molecular formula is C22H34N4O3S. The summed E-state index contributed by atoms with van der Waals surface area (Å²) in [4.78, 5) is 27.0. The number of carbonyl (C=O) groups excluding carboxylic acids is 2. The van der Waals surface area contributed by atoms with E-state index in [1.54, 1.807) is 24.3 Å². The molecule has 1 atom stereocenters. The second-order valence-electron chi connectivity index (χ2n) is 8.24. The van der Waals surface area contributed by atoms with Crippen molar-refractivity contribution in [3.63, 3.8) is 0 Å². The Labute approximate surface area is 184 Å². The predicted molar refractivity (Wildman–Crippen MR) is 122 cm³/mol. The van der Waals surface area contributed by atoms with Gasteiger partial charge in [0.1, 0.15) is 0 Å². The van der Waals surface area contributed by atoms with Crippen LogP contribution in [0.15, 0.2) is 30.3 Å². The fourth-order valence-corrected chi connectivity index (χ4v) is 4.17. The zero-order valence-corrected chi connectivity index (χ0v) is 19.0. The Kier molecular flexibility index (Phi) is 8.61. The first-order valence-electron chi connectivity index (χ1n) is 10.6. The topological polar surface area (TPSA) is 98.9 Å². The Morgan fingerprint density at radius 1 is 1.30 bits per heavy atom. The van der Waals surface area contributed by atoms with Gasteiger partial charge in [0, 0.05) is 38.0 Å². The van der Waals surface area contributed by atoms with Crippen LogP contribution in [-0.2, 0) is 4.79 Å². The van der Waals surface area contributed by atoms with Gasteiger partial charge in [0.2, 0.25) is 11.8 Å².